The van der Waals surface area contributed by atoms with Crippen molar-refractivity contribution >= 4 is 15.8 Å². The number of aryl methyl sites for hydroxylation is 2. The zero-order valence-electron chi connectivity index (χ0n) is 16.5. The number of nitrogens with two attached hydrogens (primary N) is 1. The molecule has 0 aliphatic heterocycles. The summed E-state index contributed by atoms with van der Waals surface area (Å²) in [4.78, 5) is 13.0. The van der Waals surface area contributed by atoms with Crippen molar-refractivity contribution in [3.05, 3.63) is 65.2 Å². The molecule has 2 aromatic rings. The first-order valence-corrected chi connectivity index (χ1v) is 11.1. The number of benzene rings is 2. The molecule has 3 atom stereocenters. The van der Waals surface area contributed by atoms with E-state index in [1.165, 1.54) is 0 Å². The van der Waals surface area contributed by atoms with Gasteiger partial charge in [0.25, 0.3) is 0 Å². The highest BCUT2D eigenvalue weighted by atomic mass is 32.2. The van der Waals surface area contributed by atoms with E-state index >= 15 is 0 Å². The highest BCUT2D eigenvalue weighted by molar-refractivity contribution is 7.92. The van der Waals surface area contributed by atoms with Crippen molar-refractivity contribution in [2.24, 2.45) is 11.1 Å². The first-order valence-electron chi connectivity index (χ1n) is 9.59. The summed E-state index contributed by atoms with van der Waals surface area (Å²) in [5.74, 6) is -1.06. The quantitative estimate of drug-likeness (QED) is 0.721. The monoisotopic (exact) mass is 401 g/mol. The van der Waals surface area contributed by atoms with E-state index in [0.717, 1.165) is 23.1 Å². The normalized spacial score (nSPS) is 24.0. The van der Waals surface area contributed by atoms with Gasteiger partial charge in [0.1, 0.15) is 5.41 Å². The smallest absolute Gasteiger partial charge is 0.315 e. The summed E-state index contributed by atoms with van der Waals surface area (Å²) in [5.41, 5.74) is 7.67. The van der Waals surface area contributed by atoms with Crippen LogP contribution in [0.15, 0.2) is 53.4 Å². The fraction of sp³-hybridized carbons (Fsp3) is 0.409. The molecule has 0 saturated heterocycles. The Morgan fingerprint density at radius 2 is 1.68 bits per heavy atom. The summed E-state index contributed by atoms with van der Waals surface area (Å²) in [6, 6.07) is 14.4. The van der Waals surface area contributed by atoms with E-state index in [0.29, 0.717) is 0 Å². The fourth-order valence-electron chi connectivity index (χ4n) is 4.00. The second-order valence-corrected chi connectivity index (χ2v) is 9.39. The fourth-order valence-corrected chi connectivity index (χ4v) is 6.38. The molecule has 5 nitrogen and oxygen atoms in total. The Labute approximate surface area is 166 Å². The molecule has 28 heavy (non-hydrogen) atoms. The van der Waals surface area contributed by atoms with Gasteiger partial charge in [0.05, 0.1) is 16.8 Å². The van der Waals surface area contributed by atoms with Gasteiger partial charge in [-0.05, 0) is 43.5 Å². The van der Waals surface area contributed by atoms with Crippen LogP contribution >= 0.6 is 0 Å². The molecule has 0 radical (unpaired) electrons. The summed E-state index contributed by atoms with van der Waals surface area (Å²) >= 11 is 0. The average Bonchev–Trinajstić information content (AvgIpc) is 3.40. The maximum absolute atomic E-state index is 13.4. The van der Waals surface area contributed by atoms with Gasteiger partial charge in [-0.3, -0.25) is 4.79 Å². The van der Waals surface area contributed by atoms with Gasteiger partial charge in [-0.25, -0.2) is 8.42 Å². The zero-order valence-corrected chi connectivity index (χ0v) is 17.3. The summed E-state index contributed by atoms with van der Waals surface area (Å²) < 4.78 is 32.1. The van der Waals surface area contributed by atoms with Crippen molar-refractivity contribution in [2.45, 2.75) is 43.3 Å². The lowest BCUT2D eigenvalue weighted by molar-refractivity contribution is -0.149. The highest BCUT2D eigenvalue weighted by Crippen LogP contribution is 2.64. The van der Waals surface area contributed by atoms with Crippen LogP contribution in [0.3, 0.4) is 0 Å². The molecule has 0 spiro atoms. The second-order valence-electron chi connectivity index (χ2n) is 7.32. The molecule has 0 unspecified atom stereocenters. The minimum atomic E-state index is -3.76. The Bertz CT molecular complexity index is 951. The minimum absolute atomic E-state index is 0.0816. The molecule has 1 saturated carbocycles. The predicted molar refractivity (Wildman–Crippen MR) is 109 cm³/mol. The van der Waals surface area contributed by atoms with Crippen LogP contribution in [0.5, 0.6) is 0 Å². The first kappa shape index (κ1) is 20.6. The van der Waals surface area contributed by atoms with Crippen LogP contribution in [0.4, 0.5) is 0 Å². The number of sulfone groups is 1. The number of esters is 1. The molecule has 0 bridgehead atoms. The first-order chi connectivity index (χ1) is 13.3. The third-order valence-electron chi connectivity index (χ3n) is 5.68. The third-order valence-corrected chi connectivity index (χ3v) is 7.97. The van der Waals surface area contributed by atoms with Crippen LogP contribution in [0.25, 0.3) is 0 Å². The Morgan fingerprint density at radius 1 is 1.07 bits per heavy atom. The van der Waals surface area contributed by atoms with Crippen molar-refractivity contribution in [3.63, 3.8) is 0 Å². The van der Waals surface area contributed by atoms with Gasteiger partial charge < -0.3 is 10.5 Å². The van der Waals surface area contributed by atoms with Crippen molar-refractivity contribution in [3.8, 4) is 0 Å². The molecular formula is C22H27NO4S. The van der Waals surface area contributed by atoms with E-state index in [9.17, 15) is 13.2 Å². The zero-order chi connectivity index (χ0) is 20.5. The molecule has 1 aliphatic carbocycles. The van der Waals surface area contributed by atoms with E-state index in [1.54, 1.807) is 31.2 Å². The molecule has 2 aromatic carbocycles. The van der Waals surface area contributed by atoms with Gasteiger partial charge in [-0.15, -0.1) is 0 Å². The summed E-state index contributed by atoms with van der Waals surface area (Å²) in [6.45, 7) is 5.76. The van der Waals surface area contributed by atoms with Crippen LogP contribution in [0.1, 0.15) is 36.5 Å². The maximum Gasteiger partial charge on any atom is 0.315 e. The van der Waals surface area contributed by atoms with E-state index in [4.69, 9.17) is 10.5 Å². The lowest BCUT2D eigenvalue weighted by Crippen LogP contribution is -2.33. The topological polar surface area (TPSA) is 86.5 Å². The van der Waals surface area contributed by atoms with Crippen LogP contribution in [0.2, 0.25) is 0 Å². The third kappa shape index (κ3) is 3.25. The van der Waals surface area contributed by atoms with E-state index in [2.05, 4.69) is 6.92 Å². The summed E-state index contributed by atoms with van der Waals surface area (Å²) in [5, 5.41) is -0.931. The molecule has 0 aromatic heterocycles. The lowest BCUT2D eigenvalue weighted by Gasteiger charge is -2.14. The number of hydrogen-bond donors (Lipinski definition) is 1. The SMILES string of the molecule is CCOC(=O)[C@@]1(CN)[C@H](S(=O)(=O)c2ccc(C)cc2)[C@@H]1c1ccc(CC)cc1. The summed E-state index contributed by atoms with van der Waals surface area (Å²) in [6.07, 6.45) is 0.885. The van der Waals surface area contributed by atoms with Gasteiger partial charge in [0.2, 0.25) is 0 Å². The van der Waals surface area contributed by atoms with Gasteiger partial charge in [0.15, 0.2) is 9.84 Å². The molecule has 3 rings (SSSR count). The summed E-state index contributed by atoms with van der Waals surface area (Å²) in [7, 11) is -3.76. The van der Waals surface area contributed by atoms with Crippen LogP contribution in [-0.2, 0) is 25.8 Å². The Hall–Kier alpha value is -2.18. The second kappa shape index (κ2) is 7.68. The molecule has 0 amide bonds. The molecular weight excluding hydrogens is 374 g/mol. The van der Waals surface area contributed by atoms with Crippen molar-refractivity contribution in [1.29, 1.82) is 0 Å². The number of carbonyl (C=O) groups excluding carboxylic acids is 1. The van der Waals surface area contributed by atoms with E-state index < -0.39 is 32.4 Å². The van der Waals surface area contributed by atoms with Gasteiger partial charge in [-0.2, -0.15) is 0 Å². The van der Waals surface area contributed by atoms with Crippen LogP contribution in [-0.4, -0.2) is 32.8 Å². The van der Waals surface area contributed by atoms with Gasteiger partial charge >= 0.3 is 5.97 Å². The Morgan fingerprint density at radius 3 is 2.18 bits per heavy atom. The average molecular weight is 402 g/mol. The molecule has 0 heterocycles. The van der Waals surface area contributed by atoms with Gasteiger partial charge in [-0.1, -0.05) is 48.9 Å². The largest absolute Gasteiger partial charge is 0.465 e. The van der Waals surface area contributed by atoms with E-state index in [1.807, 2.05) is 31.2 Å². The molecule has 150 valence electrons. The molecule has 1 aliphatic rings. The maximum atomic E-state index is 13.4. The standard InChI is InChI=1S/C22H27NO4S/c1-4-16-8-10-17(11-9-16)19-20(22(19,14-23)21(24)27-5-2)28(25,26)18-12-6-15(3)7-13-18/h6-13,19-20H,4-5,14,23H2,1-3H3/t19-,20+,22+/m0/s1. The lowest BCUT2D eigenvalue weighted by atomic mass is 9.98. The molecule has 6 heteroatoms. The predicted octanol–water partition coefficient (Wildman–Crippen LogP) is 3.01. The molecule has 2 N–H and O–H groups in total. The van der Waals surface area contributed by atoms with Crippen molar-refractivity contribution < 1.29 is 17.9 Å². The number of ether oxygens (including phenoxy) is 1. The minimum Gasteiger partial charge on any atom is -0.465 e. The van der Waals surface area contributed by atoms with Crippen LogP contribution < -0.4 is 5.73 Å². The Kier molecular flexibility index (Phi) is 5.64. The number of carbonyl (C=O) groups is 1. The Balaban J connectivity index is 2.09. The number of rotatable bonds is 7. The highest BCUT2D eigenvalue weighted by Gasteiger charge is 2.75. The molecule has 1 fully saturated rings. The van der Waals surface area contributed by atoms with Crippen molar-refractivity contribution in [1.82, 2.24) is 0 Å². The number of hydrogen-bond acceptors (Lipinski definition) is 5. The van der Waals surface area contributed by atoms with Crippen molar-refractivity contribution in [2.75, 3.05) is 13.2 Å². The van der Waals surface area contributed by atoms with E-state index in [-0.39, 0.29) is 18.0 Å². The van der Waals surface area contributed by atoms with Gasteiger partial charge in [0, 0.05) is 12.5 Å². The van der Waals surface area contributed by atoms with Crippen LogP contribution in [0, 0.1) is 12.3 Å².